The van der Waals surface area contributed by atoms with Crippen molar-refractivity contribution in [2.45, 2.75) is 18.9 Å². The number of nitrogens with zero attached hydrogens (tertiary/aromatic N) is 1. The second kappa shape index (κ2) is 5.28. The van der Waals surface area contributed by atoms with Crippen molar-refractivity contribution in [1.29, 1.82) is 0 Å². The Morgan fingerprint density at radius 1 is 1.17 bits per heavy atom. The van der Waals surface area contributed by atoms with Gasteiger partial charge in [-0.15, -0.1) is 24.8 Å². The summed E-state index contributed by atoms with van der Waals surface area (Å²) in [6.45, 7) is 3.78. The number of hydrogen-bond acceptors (Lipinski definition) is 2. The number of fused-ring (bicyclic) bond motifs is 4. The molecule has 1 N–H and O–H groups in total. The van der Waals surface area contributed by atoms with Crippen LogP contribution in [0.15, 0.2) is 0 Å². The average Bonchev–Trinajstić information content (AvgIpc) is 2.20. The molecule has 3 saturated heterocycles. The van der Waals surface area contributed by atoms with Crippen molar-refractivity contribution in [1.82, 2.24) is 10.2 Å². The third-order valence-electron chi connectivity index (χ3n) is 2.89. The van der Waals surface area contributed by atoms with Crippen molar-refractivity contribution in [3.8, 4) is 0 Å². The van der Waals surface area contributed by atoms with Crippen molar-refractivity contribution in [2.75, 3.05) is 26.7 Å². The number of piperidine rings is 1. The van der Waals surface area contributed by atoms with Gasteiger partial charge >= 0.3 is 0 Å². The van der Waals surface area contributed by atoms with Crippen molar-refractivity contribution >= 4 is 24.8 Å². The topological polar surface area (TPSA) is 15.3 Å². The Bertz CT molecular complexity index is 128. The molecule has 2 nitrogen and oxygen atoms in total. The van der Waals surface area contributed by atoms with E-state index in [-0.39, 0.29) is 24.8 Å². The predicted molar refractivity (Wildman–Crippen MR) is 56.5 cm³/mol. The summed E-state index contributed by atoms with van der Waals surface area (Å²) in [6.07, 6.45) is 2.86. The van der Waals surface area contributed by atoms with E-state index in [9.17, 15) is 0 Å². The molecule has 12 heavy (non-hydrogen) atoms. The van der Waals surface area contributed by atoms with Crippen LogP contribution in [-0.2, 0) is 0 Å². The lowest BCUT2D eigenvalue weighted by Gasteiger charge is -2.32. The first kappa shape index (κ1) is 12.5. The fourth-order valence-corrected chi connectivity index (χ4v) is 2.17. The van der Waals surface area contributed by atoms with Gasteiger partial charge in [-0.1, -0.05) is 0 Å². The second-order valence-corrected chi connectivity index (χ2v) is 3.70. The van der Waals surface area contributed by atoms with Crippen LogP contribution >= 0.6 is 24.8 Å². The predicted octanol–water partition coefficient (Wildman–Crippen LogP) is 1.14. The average molecular weight is 213 g/mol. The summed E-state index contributed by atoms with van der Waals surface area (Å²) in [4.78, 5) is 2.51. The van der Waals surface area contributed by atoms with Gasteiger partial charge in [-0.05, 0) is 32.4 Å². The Morgan fingerprint density at radius 3 is 2.58 bits per heavy atom. The fraction of sp³-hybridized carbons (Fsp3) is 1.00. The van der Waals surface area contributed by atoms with E-state index in [1.165, 1.54) is 32.5 Å². The minimum absolute atomic E-state index is 0. The molecule has 3 aliphatic heterocycles. The molecule has 3 aliphatic rings. The highest BCUT2D eigenvalue weighted by Crippen LogP contribution is 2.22. The Morgan fingerprint density at radius 2 is 1.92 bits per heavy atom. The Labute approximate surface area is 86.9 Å². The lowest BCUT2D eigenvalue weighted by atomic mass is 9.96. The Balaban J connectivity index is 0.000000605. The van der Waals surface area contributed by atoms with Crippen molar-refractivity contribution in [2.24, 2.45) is 5.92 Å². The van der Waals surface area contributed by atoms with Gasteiger partial charge in [-0.2, -0.15) is 0 Å². The van der Waals surface area contributed by atoms with Crippen LogP contribution in [0.3, 0.4) is 0 Å². The second-order valence-electron chi connectivity index (χ2n) is 3.70. The minimum atomic E-state index is 0. The molecule has 4 heteroatoms. The molecule has 2 unspecified atom stereocenters. The van der Waals surface area contributed by atoms with E-state index in [1.807, 2.05) is 0 Å². The zero-order valence-electron chi connectivity index (χ0n) is 7.45. The first-order valence-corrected chi connectivity index (χ1v) is 4.27. The van der Waals surface area contributed by atoms with Crippen LogP contribution in [0.2, 0.25) is 0 Å². The van der Waals surface area contributed by atoms with Crippen molar-refractivity contribution < 1.29 is 0 Å². The molecule has 0 aromatic rings. The number of halogens is 2. The maximum atomic E-state index is 3.50. The van der Waals surface area contributed by atoms with Gasteiger partial charge in [0.25, 0.3) is 0 Å². The molecule has 0 spiro atoms. The minimum Gasteiger partial charge on any atom is -0.315 e. The van der Waals surface area contributed by atoms with E-state index in [0.29, 0.717) is 0 Å². The van der Waals surface area contributed by atoms with Crippen LogP contribution in [0, 0.1) is 5.92 Å². The standard InChI is InChI=1S/C8H16N2.2ClH/c1-10-6-7-2-3-8(10)5-9-4-7;;/h7-9H,2-6H2,1H3;2*1H. The molecule has 0 radical (unpaired) electrons. The van der Waals surface area contributed by atoms with E-state index in [1.54, 1.807) is 0 Å². The Hall–Kier alpha value is 0.500. The lowest BCUT2D eigenvalue weighted by Crippen LogP contribution is -2.40. The van der Waals surface area contributed by atoms with Crippen LogP contribution < -0.4 is 5.32 Å². The lowest BCUT2D eigenvalue weighted by molar-refractivity contribution is 0.168. The monoisotopic (exact) mass is 212 g/mol. The van der Waals surface area contributed by atoms with Gasteiger partial charge in [-0.3, -0.25) is 0 Å². The summed E-state index contributed by atoms with van der Waals surface area (Å²) in [7, 11) is 2.25. The molecular formula is C8H18Cl2N2. The summed E-state index contributed by atoms with van der Waals surface area (Å²) in [6, 6.07) is 0.832. The number of rotatable bonds is 0. The fourth-order valence-electron chi connectivity index (χ4n) is 2.17. The zero-order chi connectivity index (χ0) is 6.97. The van der Waals surface area contributed by atoms with Gasteiger partial charge in [0.2, 0.25) is 0 Å². The molecule has 3 rings (SSSR count). The normalized spacial score (nSPS) is 34.8. The highest BCUT2D eigenvalue weighted by Gasteiger charge is 2.28. The van der Waals surface area contributed by atoms with Gasteiger partial charge in [0.05, 0.1) is 0 Å². The molecule has 3 heterocycles. The largest absolute Gasteiger partial charge is 0.315 e. The number of hydrogen-bond donors (Lipinski definition) is 1. The quantitative estimate of drug-likeness (QED) is 0.649. The first-order chi connectivity index (χ1) is 4.86. The smallest absolute Gasteiger partial charge is 0.0217 e. The molecule has 3 fully saturated rings. The van der Waals surface area contributed by atoms with Gasteiger partial charge in [0.15, 0.2) is 0 Å². The summed E-state index contributed by atoms with van der Waals surface area (Å²) >= 11 is 0. The molecular weight excluding hydrogens is 195 g/mol. The number of likely N-dealkylation sites (N-methyl/N-ethyl adjacent to an activating group) is 1. The molecule has 0 amide bonds. The molecule has 0 aliphatic carbocycles. The highest BCUT2D eigenvalue weighted by atomic mass is 35.5. The molecule has 0 aromatic heterocycles. The Kier molecular flexibility index (Phi) is 5.50. The van der Waals surface area contributed by atoms with Crippen LogP contribution in [-0.4, -0.2) is 37.6 Å². The van der Waals surface area contributed by atoms with E-state index < -0.39 is 0 Å². The van der Waals surface area contributed by atoms with Crippen molar-refractivity contribution in [3.63, 3.8) is 0 Å². The summed E-state index contributed by atoms with van der Waals surface area (Å²) < 4.78 is 0. The van der Waals surface area contributed by atoms with Crippen LogP contribution in [0.5, 0.6) is 0 Å². The molecule has 2 atom stereocenters. The van der Waals surface area contributed by atoms with E-state index in [2.05, 4.69) is 17.3 Å². The highest BCUT2D eigenvalue weighted by molar-refractivity contribution is 5.85. The maximum Gasteiger partial charge on any atom is 0.0217 e. The SMILES string of the molecule is CN1CC2CCC1CNC2.Cl.Cl. The maximum absolute atomic E-state index is 3.50. The van der Waals surface area contributed by atoms with Crippen LogP contribution in [0.25, 0.3) is 0 Å². The first-order valence-electron chi connectivity index (χ1n) is 4.27. The summed E-state index contributed by atoms with van der Waals surface area (Å²) in [5.74, 6) is 0.934. The van der Waals surface area contributed by atoms with E-state index in [4.69, 9.17) is 0 Å². The van der Waals surface area contributed by atoms with Gasteiger partial charge in [-0.25, -0.2) is 0 Å². The molecule has 2 bridgehead atoms. The summed E-state index contributed by atoms with van der Waals surface area (Å²) in [5.41, 5.74) is 0. The van der Waals surface area contributed by atoms with Gasteiger partial charge in [0, 0.05) is 19.1 Å². The third kappa shape index (κ3) is 2.49. The molecule has 0 saturated carbocycles. The third-order valence-corrected chi connectivity index (χ3v) is 2.89. The van der Waals surface area contributed by atoms with Gasteiger partial charge in [0.1, 0.15) is 0 Å². The molecule has 74 valence electrons. The van der Waals surface area contributed by atoms with E-state index in [0.717, 1.165) is 12.0 Å². The van der Waals surface area contributed by atoms with Crippen molar-refractivity contribution in [3.05, 3.63) is 0 Å². The van der Waals surface area contributed by atoms with Crippen LogP contribution in [0.4, 0.5) is 0 Å². The summed E-state index contributed by atoms with van der Waals surface area (Å²) in [5, 5.41) is 3.50. The zero-order valence-corrected chi connectivity index (χ0v) is 9.09. The van der Waals surface area contributed by atoms with E-state index >= 15 is 0 Å². The number of nitrogens with one attached hydrogen (secondary N) is 1. The van der Waals surface area contributed by atoms with Crippen LogP contribution in [0.1, 0.15) is 12.8 Å². The van der Waals surface area contributed by atoms with Gasteiger partial charge < -0.3 is 10.2 Å². The molecule has 0 aromatic carbocycles.